The minimum Gasteiger partial charge on any atom is -0.292 e. The number of nitrogens with one attached hydrogen (secondary N) is 1. The zero-order valence-electron chi connectivity index (χ0n) is 11.1. The van der Waals surface area contributed by atoms with E-state index in [1.54, 1.807) is 4.68 Å². The summed E-state index contributed by atoms with van der Waals surface area (Å²) in [5, 5.41) is 4.00. The van der Waals surface area contributed by atoms with Crippen molar-refractivity contribution < 1.29 is 8.42 Å². The second-order valence-electron chi connectivity index (χ2n) is 4.53. The maximum atomic E-state index is 11.7. The normalized spacial score (nSPS) is 12.0. The molecule has 0 amide bonds. The molecule has 2 rings (SSSR count). The molecule has 0 saturated carbocycles. The zero-order chi connectivity index (χ0) is 15.8. The van der Waals surface area contributed by atoms with Gasteiger partial charge in [0.05, 0.1) is 6.54 Å². The molecule has 2 aromatic heterocycles. The SMILES string of the molecule is CC(C)n1ncnc1Cn1cc(S(=O)(=O)Cl)c(=O)[nH]c1=O. The second kappa shape index (κ2) is 5.45. The summed E-state index contributed by atoms with van der Waals surface area (Å²) >= 11 is 0. The summed E-state index contributed by atoms with van der Waals surface area (Å²) in [5.74, 6) is 0.442. The first-order chi connectivity index (χ1) is 9.70. The van der Waals surface area contributed by atoms with Crippen molar-refractivity contribution in [1.82, 2.24) is 24.3 Å². The first kappa shape index (κ1) is 15.4. The minimum absolute atomic E-state index is 0.0113. The van der Waals surface area contributed by atoms with E-state index in [0.717, 1.165) is 10.8 Å². The van der Waals surface area contributed by atoms with Crippen molar-refractivity contribution >= 4 is 19.7 Å². The van der Waals surface area contributed by atoms with E-state index >= 15 is 0 Å². The maximum Gasteiger partial charge on any atom is 0.328 e. The molecule has 0 aliphatic rings. The molecule has 1 N–H and O–H groups in total. The van der Waals surface area contributed by atoms with E-state index < -0.39 is 25.2 Å². The Morgan fingerprint density at radius 1 is 1.38 bits per heavy atom. The molecule has 0 radical (unpaired) electrons. The van der Waals surface area contributed by atoms with Gasteiger partial charge in [-0.2, -0.15) is 5.10 Å². The molecule has 114 valence electrons. The smallest absolute Gasteiger partial charge is 0.292 e. The summed E-state index contributed by atoms with van der Waals surface area (Å²) in [6.45, 7) is 3.71. The summed E-state index contributed by atoms with van der Waals surface area (Å²) in [6, 6.07) is 0.0113. The standard InChI is InChI=1S/C10H12ClN5O4S/c1-6(2)16-8(12-5-13-16)4-15-3-7(21(11,19)20)9(17)14-10(15)18/h3,5-6H,4H2,1-2H3,(H,14,17,18). The lowest BCUT2D eigenvalue weighted by molar-refractivity contribution is 0.491. The van der Waals surface area contributed by atoms with Crippen LogP contribution in [0.1, 0.15) is 25.7 Å². The maximum absolute atomic E-state index is 11.7. The fourth-order valence-corrected chi connectivity index (χ4v) is 2.61. The topological polar surface area (TPSA) is 120 Å². The summed E-state index contributed by atoms with van der Waals surface area (Å²) in [6.07, 6.45) is 2.22. The molecule has 2 aromatic rings. The van der Waals surface area contributed by atoms with Crippen LogP contribution in [0.4, 0.5) is 0 Å². The molecule has 2 heterocycles. The van der Waals surface area contributed by atoms with Gasteiger partial charge in [0.15, 0.2) is 4.90 Å². The summed E-state index contributed by atoms with van der Waals surface area (Å²) in [7, 11) is 0.903. The molecule has 9 nitrogen and oxygen atoms in total. The molecule has 0 aliphatic heterocycles. The van der Waals surface area contributed by atoms with E-state index in [2.05, 4.69) is 10.1 Å². The Bertz CT molecular complexity index is 879. The Morgan fingerprint density at radius 3 is 2.62 bits per heavy atom. The molecule has 0 spiro atoms. The fraction of sp³-hybridized carbons (Fsp3) is 0.400. The van der Waals surface area contributed by atoms with Crippen molar-refractivity contribution in [3.05, 3.63) is 39.2 Å². The van der Waals surface area contributed by atoms with Gasteiger partial charge in [0.1, 0.15) is 12.2 Å². The van der Waals surface area contributed by atoms with Gasteiger partial charge in [-0.1, -0.05) is 0 Å². The monoisotopic (exact) mass is 333 g/mol. The number of hydrogen-bond acceptors (Lipinski definition) is 6. The molecular weight excluding hydrogens is 322 g/mol. The van der Waals surface area contributed by atoms with Gasteiger partial charge in [-0.15, -0.1) is 0 Å². The molecule has 0 aromatic carbocycles. The van der Waals surface area contributed by atoms with Crippen LogP contribution in [0.3, 0.4) is 0 Å². The van der Waals surface area contributed by atoms with Gasteiger partial charge >= 0.3 is 5.69 Å². The first-order valence-electron chi connectivity index (χ1n) is 5.87. The van der Waals surface area contributed by atoms with Crippen LogP contribution in [0.5, 0.6) is 0 Å². The number of rotatable bonds is 4. The summed E-state index contributed by atoms with van der Waals surface area (Å²) in [5.41, 5.74) is -1.82. The number of aromatic nitrogens is 5. The molecule has 0 aliphatic carbocycles. The molecule has 11 heteroatoms. The first-order valence-corrected chi connectivity index (χ1v) is 8.18. The largest absolute Gasteiger partial charge is 0.328 e. The van der Waals surface area contributed by atoms with E-state index in [-0.39, 0.29) is 12.6 Å². The van der Waals surface area contributed by atoms with Gasteiger partial charge in [-0.25, -0.2) is 22.9 Å². The highest BCUT2D eigenvalue weighted by atomic mass is 35.7. The Balaban J connectivity index is 2.53. The second-order valence-corrected chi connectivity index (χ2v) is 7.07. The van der Waals surface area contributed by atoms with Crippen LogP contribution in [0.2, 0.25) is 0 Å². The third-order valence-electron chi connectivity index (χ3n) is 2.69. The van der Waals surface area contributed by atoms with Gasteiger partial charge in [0, 0.05) is 22.9 Å². The van der Waals surface area contributed by atoms with Crippen LogP contribution >= 0.6 is 10.7 Å². The predicted octanol–water partition coefficient (Wildman–Crippen LogP) is -0.315. The van der Waals surface area contributed by atoms with Crippen LogP contribution in [-0.4, -0.2) is 32.7 Å². The van der Waals surface area contributed by atoms with Crippen LogP contribution < -0.4 is 11.2 Å². The van der Waals surface area contributed by atoms with Crippen molar-refractivity contribution in [3.8, 4) is 0 Å². The highest BCUT2D eigenvalue weighted by molar-refractivity contribution is 8.13. The van der Waals surface area contributed by atoms with Gasteiger partial charge in [0.2, 0.25) is 0 Å². The van der Waals surface area contributed by atoms with Crippen LogP contribution in [-0.2, 0) is 15.6 Å². The lowest BCUT2D eigenvalue weighted by Crippen LogP contribution is -2.33. The van der Waals surface area contributed by atoms with E-state index in [9.17, 15) is 18.0 Å². The van der Waals surface area contributed by atoms with Crippen LogP contribution in [0.25, 0.3) is 0 Å². The van der Waals surface area contributed by atoms with Crippen molar-refractivity contribution in [2.75, 3.05) is 0 Å². The van der Waals surface area contributed by atoms with Crippen molar-refractivity contribution in [2.45, 2.75) is 31.3 Å². The van der Waals surface area contributed by atoms with Gasteiger partial charge < -0.3 is 0 Å². The highest BCUT2D eigenvalue weighted by Crippen LogP contribution is 2.09. The molecule has 0 fully saturated rings. The van der Waals surface area contributed by atoms with Crippen molar-refractivity contribution in [3.63, 3.8) is 0 Å². The zero-order valence-corrected chi connectivity index (χ0v) is 12.7. The average Bonchev–Trinajstić information content (AvgIpc) is 2.79. The molecule has 0 atom stereocenters. The van der Waals surface area contributed by atoms with Crippen LogP contribution in [0.15, 0.2) is 27.0 Å². The predicted molar refractivity (Wildman–Crippen MR) is 73.9 cm³/mol. The Morgan fingerprint density at radius 2 is 2.05 bits per heavy atom. The van der Waals surface area contributed by atoms with E-state index in [0.29, 0.717) is 5.82 Å². The van der Waals surface area contributed by atoms with Gasteiger partial charge in [-0.3, -0.25) is 14.3 Å². The van der Waals surface area contributed by atoms with Crippen molar-refractivity contribution in [2.24, 2.45) is 0 Å². The number of nitrogens with zero attached hydrogens (tertiary/aromatic N) is 4. The number of H-pyrrole nitrogens is 1. The minimum atomic E-state index is -4.25. The number of hydrogen-bond donors (Lipinski definition) is 1. The molecule has 0 saturated heterocycles. The Labute approximate surface area is 123 Å². The lowest BCUT2D eigenvalue weighted by Gasteiger charge is -2.10. The molecule has 0 bridgehead atoms. The quantitative estimate of drug-likeness (QED) is 0.766. The Hall–Kier alpha value is -1.94. The third kappa shape index (κ3) is 3.22. The molecular formula is C10H12ClN5O4S. The number of halogens is 1. The van der Waals surface area contributed by atoms with E-state index in [1.165, 1.54) is 6.33 Å². The van der Waals surface area contributed by atoms with Crippen LogP contribution in [0, 0.1) is 0 Å². The number of aromatic amines is 1. The van der Waals surface area contributed by atoms with E-state index in [4.69, 9.17) is 10.7 Å². The fourth-order valence-electron chi connectivity index (χ4n) is 1.75. The Kier molecular flexibility index (Phi) is 4.01. The highest BCUT2D eigenvalue weighted by Gasteiger charge is 2.18. The lowest BCUT2D eigenvalue weighted by atomic mass is 10.4. The average molecular weight is 334 g/mol. The van der Waals surface area contributed by atoms with Gasteiger partial charge in [0.25, 0.3) is 14.6 Å². The summed E-state index contributed by atoms with van der Waals surface area (Å²) < 4.78 is 25.2. The van der Waals surface area contributed by atoms with E-state index in [1.807, 2.05) is 18.8 Å². The molecule has 21 heavy (non-hydrogen) atoms. The third-order valence-corrected chi connectivity index (χ3v) is 4.00. The van der Waals surface area contributed by atoms with Crippen molar-refractivity contribution in [1.29, 1.82) is 0 Å². The molecule has 0 unspecified atom stereocenters. The summed E-state index contributed by atoms with van der Waals surface area (Å²) in [4.78, 5) is 28.4. The van der Waals surface area contributed by atoms with Gasteiger partial charge in [-0.05, 0) is 13.8 Å².